The van der Waals surface area contributed by atoms with Crippen LogP contribution < -0.4 is 0 Å². The van der Waals surface area contributed by atoms with Crippen molar-refractivity contribution in [3.05, 3.63) is 16.8 Å². The lowest BCUT2D eigenvalue weighted by Gasteiger charge is -2.09. The number of hydrogen-bond donors (Lipinski definition) is 0. The second-order valence-electron chi connectivity index (χ2n) is 3.94. The number of esters is 1. The number of methoxy groups -OCH3 is 1. The smallest absolute Gasteiger partial charge is 0.309 e. The number of hydrogen-bond acceptors (Lipinski definition) is 6. The van der Waals surface area contributed by atoms with E-state index in [1.165, 1.54) is 18.9 Å². The van der Waals surface area contributed by atoms with Crippen molar-refractivity contribution in [2.45, 2.75) is 25.8 Å². The zero-order valence-corrected chi connectivity index (χ0v) is 11.7. The van der Waals surface area contributed by atoms with Crippen LogP contribution in [0.25, 0.3) is 0 Å². The van der Waals surface area contributed by atoms with Crippen LogP contribution in [0.15, 0.2) is 5.03 Å². The third-order valence-corrected chi connectivity index (χ3v) is 3.83. The first-order valence-electron chi connectivity index (χ1n) is 5.45. The van der Waals surface area contributed by atoms with Gasteiger partial charge in [-0.25, -0.2) is 0 Å². The highest BCUT2D eigenvalue weighted by Crippen LogP contribution is 2.24. The summed E-state index contributed by atoms with van der Waals surface area (Å²) in [6.45, 7) is 5.43. The van der Waals surface area contributed by atoms with Gasteiger partial charge >= 0.3 is 5.97 Å². The van der Waals surface area contributed by atoms with Crippen molar-refractivity contribution in [1.82, 2.24) is 10.2 Å². The molecule has 18 heavy (non-hydrogen) atoms. The Balaban J connectivity index is 2.84. The highest BCUT2D eigenvalue weighted by molar-refractivity contribution is 7.99. The summed E-state index contributed by atoms with van der Waals surface area (Å²) in [5.41, 5.74) is 2.11. The third-order valence-electron chi connectivity index (χ3n) is 2.61. The highest BCUT2D eigenvalue weighted by atomic mass is 32.2. The molecule has 0 spiro atoms. The molecule has 0 aliphatic rings. The average molecular weight is 265 g/mol. The van der Waals surface area contributed by atoms with E-state index in [1.807, 2.05) is 13.8 Å². The molecule has 1 aromatic heterocycles. The minimum atomic E-state index is -0.266. The van der Waals surface area contributed by atoms with Crippen LogP contribution in [0.4, 0.5) is 0 Å². The number of thioether (sulfide) groups is 1. The fourth-order valence-electron chi connectivity index (χ4n) is 1.29. The van der Waals surface area contributed by atoms with Crippen molar-refractivity contribution >= 4 is 17.7 Å². The van der Waals surface area contributed by atoms with Crippen molar-refractivity contribution in [3.63, 3.8) is 0 Å². The molecule has 0 saturated carbocycles. The lowest BCUT2D eigenvalue weighted by atomic mass is 10.1. The van der Waals surface area contributed by atoms with Gasteiger partial charge in [0, 0.05) is 5.75 Å². The van der Waals surface area contributed by atoms with Crippen molar-refractivity contribution < 1.29 is 9.53 Å². The molecule has 0 saturated heterocycles. The van der Waals surface area contributed by atoms with Gasteiger partial charge in [-0.1, -0.05) is 6.92 Å². The van der Waals surface area contributed by atoms with Gasteiger partial charge in [-0.05, 0) is 19.4 Å². The SMILES string of the molecule is COC(=O)C(C)CSc1nnc(C)c(C)c1C#N. The monoisotopic (exact) mass is 265 g/mol. The van der Waals surface area contributed by atoms with Crippen LogP contribution in [-0.4, -0.2) is 29.0 Å². The third kappa shape index (κ3) is 3.20. The van der Waals surface area contributed by atoms with E-state index in [9.17, 15) is 4.79 Å². The van der Waals surface area contributed by atoms with Gasteiger partial charge in [-0.3, -0.25) is 4.79 Å². The molecule has 5 nitrogen and oxygen atoms in total. The highest BCUT2D eigenvalue weighted by Gasteiger charge is 2.17. The number of aromatic nitrogens is 2. The maximum Gasteiger partial charge on any atom is 0.309 e. The predicted octanol–water partition coefficient (Wildman–Crippen LogP) is 1.87. The molecule has 1 unspecified atom stereocenters. The molecular weight excluding hydrogens is 250 g/mol. The van der Waals surface area contributed by atoms with Crippen LogP contribution in [0.1, 0.15) is 23.7 Å². The van der Waals surface area contributed by atoms with E-state index in [4.69, 9.17) is 5.26 Å². The lowest BCUT2D eigenvalue weighted by Crippen LogP contribution is -2.15. The molecule has 6 heteroatoms. The van der Waals surface area contributed by atoms with Crippen molar-refractivity contribution in [3.8, 4) is 6.07 Å². The molecule has 1 rings (SSSR count). The average Bonchev–Trinajstić information content (AvgIpc) is 2.38. The molecule has 0 radical (unpaired) electrons. The van der Waals surface area contributed by atoms with Gasteiger partial charge in [0.2, 0.25) is 0 Å². The first kappa shape index (κ1) is 14.5. The number of carbonyl (C=O) groups excluding carboxylic acids is 1. The predicted molar refractivity (Wildman–Crippen MR) is 68.1 cm³/mol. The fourth-order valence-corrected chi connectivity index (χ4v) is 2.28. The van der Waals surface area contributed by atoms with Gasteiger partial charge in [0.1, 0.15) is 11.1 Å². The zero-order valence-electron chi connectivity index (χ0n) is 10.9. The Labute approximate surface area is 111 Å². The maximum atomic E-state index is 11.3. The summed E-state index contributed by atoms with van der Waals surface area (Å²) in [7, 11) is 1.36. The molecule has 1 heterocycles. The summed E-state index contributed by atoms with van der Waals surface area (Å²) in [4.78, 5) is 11.3. The van der Waals surface area contributed by atoms with Crippen LogP contribution in [0.5, 0.6) is 0 Å². The second-order valence-corrected chi connectivity index (χ2v) is 4.95. The molecule has 1 atom stereocenters. The van der Waals surface area contributed by atoms with E-state index >= 15 is 0 Å². The largest absolute Gasteiger partial charge is 0.469 e. The van der Waals surface area contributed by atoms with Crippen LogP contribution in [-0.2, 0) is 9.53 Å². The molecular formula is C12H15N3O2S. The Morgan fingerprint density at radius 1 is 1.50 bits per heavy atom. The molecule has 1 aromatic rings. The topological polar surface area (TPSA) is 75.9 Å². The molecule has 0 aliphatic carbocycles. The molecule has 96 valence electrons. The molecule has 0 bridgehead atoms. The van der Waals surface area contributed by atoms with Gasteiger partial charge in [0.15, 0.2) is 0 Å². The number of aryl methyl sites for hydroxylation is 1. The maximum absolute atomic E-state index is 11.3. The normalized spacial score (nSPS) is 11.7. The summed E-state index contributed by atoms with van der Waals surface area (Å²) < 4.78 is 4.65. The minimum absolute atomic E-state index is 0.241. The zero-order chi connectivity index (χ0) is 13.7. The Bertz CT molecular complexity index is 497. The molecule has 0 fully saturated rings. The molecule has 0 aliphatic heterocycles. The molecule has 0 N–H and O–H groups in total. The van der Waals surface area contributed by atoms with E-state index in [0.717, 1.165) is 11.3 Å². The standard InChI is InChI=1S/C12H15N3O2S/c1-7(12(16)17-4)6-18-11-10(5-13)8(2)9(3)14-15-11/h7H,6H2,1-4H3. The first-order chi connectivity index (χ1) is 8.51. The number of nitriles is 1. The van der Waals surface area contributed by atoms with Gasteiger partial charge in [-0.15, -0.1) is 16.9 Å². The van der Waals surface area contributed by atoms with Crippen LogP contribution >= 0.6 is 11.8 Å². The Kier molecular flexibility index (Phi) is 5.10. The van der Waals surface area contributed by atoms with E-state index in [1.54, 1.807) is 6.92 Å². The van der Waals surface area contributed by atoms with Crippen molar-refractivity contribution in [2.24, 2.45) is 5.92 Å². The van der Waals surface area contributed by atoms with E-state index < -0.39 is 0 Å². The van der Waals surface area contributed by atoms with Gasteiger partial charge < -0.3 is 4.74 Å². The van der Waals surface area contributed by atoms with E-state index in [-0.39, 0.29) is 11.9 Å². The van der Waals surface area contributed by atoms with E-state index in [0.29, 0.717) is 16.3 Å². The molecule has 0 aromatic carbocycles. The number of carbonyl (C=O) groups is 1. The van der Waals surface area contributed by atoms with Gasteiger partial charge in [0.05, 0.1) is 24.3 Å². The van der Waals surface area contributed by atoms with E-state index in [2.05, 4.69) is 21.0 Å². The number of nitrogens with zero attached hydrogens (tertiary/aromatic N) is 3. The van der Waals surface area contributed by atoms with Crippen LogP contribution in [0.3, 0.4) is 0 Å². The number of ether oxygens (including phenoxy) is 1. The quantitative estimate of drug-likeness (QED) is 0.611. The number of rotatable bonds is 4. The fraction of sp³-hybridized carbons (Fsp3) is 0.500. The van der Waals surface area contributed by atoms with Crippen LogP contribution in [0.2, 0.25) is 0 Å². The summed E-state index contributed by atoms with van der Waals surface area (Å²) in [5.74, 6) is 0.00572. The Morgan fingerprint density at radius 2 is 2.17 bits per heavy atom. The minimum Gasteiger partial charge on any atom is -0.469 e. The summed E-state index contributed by atoms with van der Waals surface area (Å²) >= 11 is 1.35. The second kappa shape index (κ2) is 6.36. The lowest BCUT2D eigenvalue weighted by molar-refractivity contribution is -0.143. The van der Waals surface area contributed by atoms with Crippen LogP contribution in [0, 0.1) is 31.1 Å². The van der Waals surface area contributed by atoms with Crippen molar-refractivity contribution in [2.75, 3.05) is 12.9 Å². The van der Waals surface area contributed by atoms with Crippen molar-refractivity contribution in [1.29, 1.82) is 5.26 Å². The van der Waals surface area contributed by atoms with Gasteiger partial charge in [0.25, 0.3) is 0 Å². The van der Waals surface area contributed by atoms with Gasteiger partial charge in [-0.2, -0.15) is 10.4 Å². The summed E-state index contributed by atoms with van der Waals surface area (Å²) in [6, 6.07) is 2.13. The summed E-state index contributed by atoms with van der Waals surface area (Å²) in [6.07, 6.45) is 0. The molecule has 0 amide bonds. The Hall–Kier alpha value is -1.61. The first-order valence-corrected chi connectivity index (χ1v) is 6.44. The Morgan fingerprint density at radius 3 is 2.72 bits per heavy atom. The summed E-state index contributed by atoms with van der Waals surface area (Å²) in [5, 5.41) is 17.7.